The maximum atomic E-state index is 15.3. The van der Waals surface area contributed by atoms with E-state index in [0.29, 0.717) is 50.4 Å². The summed E-state index contributed by atoms with van der Waals surface area (Å²) >= 11 is 0. The number of hydrogen-bond donors (Lipinski definition) is 1. The summed E-state index contributed by atoms with van der Waals surface area (Å²) in [5.41, 5.74) is 3.87. The summed E-state index contributed by atoms with van der Waals surface area (Å²) in [5, 5.41) is 0.887. The van der Waals surface area contributed by atoms with Crippen molar-refractivity contribution < 1.29 is 31.8 Å². The van der Waals surface area contributed by atoms with Gasteiger partial charge in [0.25, 0.3) is 5.91 Å². The molecular formula is C26H25F4N3O3. The Morgan fingerprint density at radius 1 is 1.17 bits per heavy atom. The monoisotopic (exact) mass is 503 g/mol. The standard InChI is InChI=1S/C26H25F4N3O3/c27-18-13-31-23-21(22-19(32-23)5-8-25(22)9-12-35-14-25)20(18)15-6-10-33(11-7-15)24(34)16-1-3-17(4-2-16)36-26(28,29)30/h1-4,13,15H,5-12,14H2,(H,31,32). The predicted molar refractivity (Wildman–Crippen MR) is 122 cm³/mol. The highest BCUT2D eigenvalue weighted by molar-refractivity contribution is 5.94. The molecule has 1 N–H and O–H groups in total. The highest BCUT2D eigenvalue weighted by Gasteiger charge is 2.45. The topological polar surface area (TPSA) is 67.5 Å². The second-order valence-electron chi connectivity index (χ2n) is 9.94. The van der Waals surface area contributed by atoms with Gasteiger partial charge in [-0.1, -0.05) is 0 Å². The summed E-state index contributed by atoms with van der Waals surface area (Å²) in [5.74, 6) is -1.03. The van der Waals surface area contributed by atoms with Gasteiger partial charge in [0.15, 0.2) is 0 Å². The minimum Gasteiger partial charge on any atom is -0.406 e. The zero-order valence-electron chi connectivity index (χ0n) is 19.5. The van der Waals surface area contributed by atoms with Crippen LogP contribution in [0.5, 0.6) is 5.75 Å². The Bertz CT molecular complexity index is 1300. The van der Waals surface area contributed by atoms with E-state index in [9.17, 15) is 18.0 Å². The molecule has 0 bridgehead atoms. The molecule has 3 aromatic rings. The number of aryl methyl sites for hydroxylation is 1. The molecule has 1 unspecified atom stereocenters. The third-order valence-electron chi connectivity index (χ3n) is 7.90. The van der Waals surface area contributed by atoms with E-state index >= 15 is 4.39 Å². The molecule has 0 saturated carbocycles. The fourth-order valence-corrected chi connectivity index (χ4v) is 6.22. The number of carbonyl (C=O) groups is 1. The van der Waals surface area contributed by atoms with Gasteiger partial charge in [-0.2, -0.15) is 0 Å². The zero-order valence-corrected chi connectivity index (χ0v) is 19.5. The Kier molecular flexibility index (Phi) is 5.47. The number of aromatic amines is 1. The molecule has 2 saturated heterocycles. The van der Waals surface area contributed by atoms with Crippen LogP contribution in [-0.2, 0) is 16.6 Å². The van der Waals surface area contributed by atoms with Gasteiger partial charge in [-0.25, -0.2) is 9.37 Å². The van der Waals surface area contributed by atoms with Crippen molar-refractivity contribution in [1.29, 1.82) is 0 Å². The van der Waals surface area contributed by atoms with Crippen LogP contribution in [0.25, 0.3) is 11.0 Å². The molecule has 2 fully saturated rings. The summed E-state index contributed by atoms with van der Waals surface area (Å²) in [6.07, 6.45) is 0.466. The average Bonchev–Trinajstić information content (AvgIpc) is 3.56. The molecular weight excluding hydrogens is 478 g/mol. The van der Waals surface area contributed by atoms with Crippen LogP contribution in [0.3, 0.4) is 0 Å². The Morgan fingerprint density at radius 3 is 2.58 bits per heavy atom. The molecule has 1 aliphatic carbocycles. The van der Waals surface area contributed by atoms with Crippen molar-refractivity contribution in [2.45, 2.75) is 49.8 Å². The molecule has 1 aromatic carbocycles. The highest BCUT2D eigenvalue weighted by atomic mass is 19.4. The van der Waals surface area contributed by atoms with Crippen LogP contribution in [0.15, 0.2) is 30.5 Å². The summed E-state index contributed by atoms with van der Waals surface area (Å²) in [7, 11) is 0. The van der Waals surface area contributed by atoms with Gasteiger partial charge in [0, 0.05) is 47.3 Å². The molecule has 6 nitrogen and oxygen atoms in total. The van der Waals surface area contributed by atoms with Gasteiger partial charge >= 0.3 is 6.36 Å². The molecule has 1 amide bonds. The number of halogens is 4. The van der Waals surface area contributed by atoms with Gasteiger partial charge in [-0.05, 0) is 67.9 Å². The number of carbonyl (C=O) groups excluding carboxylic acids is 1. The number of fused-ring (bicyclic) bond motifs is 4. The van der Waals surface area contributed by atoms with Gasteiger partial charge < -0.3 is 19.4 Å². The van der Waals surface area contributed by atoms with E-state index in [0.717, 1.165) is 48.0 Å². The first-order chi connectivity index (χ1) is 17.2. The number of alkyl halides is 3. The minimum absolute atomic E-state index is 0.0676. The quantitative estimate of drug-likeness (QED) is 0.498. The van der Waals surface area contributed by atoms with Gasteiger partial charge in [0.05, 0.1) is 12.8 Å². The van der Waals surface area contributed by atoms with Gasteiger partial charge in [-0.15, -0.1) is 13.2 Å². The number of piperidine rings is 1. The minimum atomic E-state index is -4.79. The van der Waals surface area contributed by atoms with Crippen LogP contribution in [0, 0.1) is 5.82 Å². The van der Waals surface area contributed by atoms with Crippen molar-refractivity contribution in [1.82, 2.24) is 14.9 Å². The molecule has 10 heteroatoms. The van der Waals surface area contributed by atoms with E-state index in [1.165, 1.54) is 18.3 Å². The lowest BCUT2D eigenvalue weighted by atomic mass is 9.78. The van der Waals surface area contributed by atoms with E-state index in [2.05, 4.69) is 14.7 Å². The number of H-pyrrole nitrogens is 1. The van der Waals surface area contributed by atoms with Crippen molar-refractivity contribution >= 4 is 16.9 Å². The first kappa shape index (κ1) is 23.3. The van der Waals surface area contributed by atoms with Crippen LogP contribution < -0.4 is 4.74 Å². The van der Waals surface area contributed by atoms with Crippen molar-refractivity contribution in [2.75, 3.05) is 26.3 Å². The molecule has 2 aromatic heterocycles. The van der Waals surface area contributed by atoms with Crippen molar-refractivity contribution in [3.63, 3.8) is 0 Å². The third-order valence-corrected chi connectivity index (χ3v) is 7.90. The number of nitrogens with one attached hydrogen (secondary N) is 1. The normalized spacial score (nSPS) is 22.5. The van der Waals surface area contributed by atoms with Crippen LogP contribution >= 0.6 is 0 Å². The summed E-state index contributed by atoms with van der Waals surface area (Å²) in [4.78, 5) is 22.4. The average molecular weight is 503 g/mol. The Hall–Kier alpha value is -3.14. The number of hydrogen-bond acceptors (Lipinski definition) is 4. The maximum Gasteiger partial charge on any atom is 0.573 e. The van der Waals surface area contributed by atoms with E-state index in [1.54, 1.807) is 4.90 Å². The number of rotatable bonds is 3. The number of amides is 1. The molecule has 0 radical (unpaired) electrons. The number of ether oxygens (including phenoxy) is 2. The molecule has 1 spiro atoms. The Balaban J connectivity index is 1.22. The summed E-state index contributed by atoms with van der Waals surface area (Å²) in [6.45, 7) is 2.19. The Labute approximate surface area is 204 Å². The van der Waals surface area contributed by atoms with Crippen LogP contribution in [-0.4, -0.2) is 53.4 Å². The fourth-order valence-electron chi connectivity index (χ4n) is 6.22. The lowest BCUT2D eigenvalue weighted by molar-refractivity contribution is -0.274. The number of pyridine rings is 1. The van der Waals surface area contributed by atoms with Crippen LogP contribution in [0.4, 0.5) is 17.6 Å². The van der Waals surface area contributed by atoms with Crippen molar-refractivity contribution in [3.8, 4) is 5.75 Å². The number of aromatic nitrogens is 2. The zero-order chi connectivity index (χ0) is 25.1. The van der Waals surface area contributed by atoms with Crippen LogP contribution in [0.1, 0.15) is 58.8 Å². The van der Waals surface area contributed by atoms with E-state index in [1.807, 2.05) is 0 Å². The predicted octanol–water partition coefficient (Wildman–Crippen LogP) is 5.22. The number of benzene rings is 1. The van der Waals surface area contributed by atoms with Gasteiger partial charge in [0.2, 0.25) is 0 Å². The van der Waals surface area contributed by atoms with Crippen molar-refractivity contribution in [3.05, 3.63) is 58.7 Å². The van der Waals surface area contributed by atoms with Crippen molar-refractivity contribution in [2.24, 2.45) is 0 Å². The molecule has 2 aliphatic heterocycles. The SMILES string of the molecule is O=C(c1ccc(OC(F)(F)F)cc1)N1CCC(c2c(F)cnc3[nH]c4c(c23)C2(CCOC2)CC4)CC1. The summed E-state index contributed by atoms with van der Waals surface area (Å²) in [6, 6.07) is 4.92. The lowest BCUT2D eigenvalue weighted by Crippen LogP contribution is -2.38. The van der Waals surface area contributed by atoms with Crippen LogP contribution in [0.2, 0.25) is 0 Å². The smallest absolute Gasteiger partial charge is 0.406 e. The van der Waals surface area contributed by atoms with E-state index < -0.39 is 6.36 Å². The molecule has 6 rings (SSSR count). The molecule has 36 heavy (non-hydrogen) atoms. The second kappa shape index (κ2) is 8.47. The van der Waals surface area contributed by atoms with E-state index in [-0.39, 0.29) is 34.4 Å². The second-order valence-corrected chi connectivity index (χ2v) is 9.94. The Morgan fingerprint density at radius 2 is 1.92 bits per heavy atom. The molecule has 3 aliphatic rings. The molecule has 1 atom stereocenters. The first-order valence-electron chi connectivity index (χ1n) is 12.2. The van der Waals surface area contributed by atoms with Gasteiger partial charge in [-0.3, -0.25) is 4.79 Å². The summed E-state index contributed by atoms with van der Waals surface area (Å²) < 4.78 is 62.1. The lowest BCUT2D eigenvalue weighted by Gasteiger charge is -2.33. The number of likely N-dealkylation sites (tertiary alicyclic amines) is 1. The maximum absolute atomic E-state index is 15.3. The third kappa shape index (κ3) is 3.91. The molecule has 4 heterocycles. The number of nitrogens with zero attached hydrogens (tertiary/aromatic N) is 2. The molecule has 190 valence electrons. The fraction of sp³-hybridized carbons (Fsp3) is 0.462. The highest BCUT2D eigenvalue weighted by Crippen LogP contribution is 2.50. The first-order valence-corrected chi connectivity index (χ1v) is 12.2. The largest absolute Gasteiger partial charge is 0.573 e. The van der Waals surface area contributed by atoms with Gasteiger partial charge in [0.1, 0.15) is 17.2 Å². The van der Waals surface area contributed by atoms with E-state index in [4.69, 9.17) is 4.74 Å².